The van der Waals surface area contributed by atoms with E-state index in [-0.39, 0.29) is 18.1 Å². The van der Waals surface area contributed by atoms with Crippen molar-refractivity contribution < 1.29 is 9.53 Å². The zero-order chi connectivity index (χ0) is 21.3. The molecule has 156 valence electrons. The number of benzene rings is 2. The van der Waals surface area contributed by atoms with E-state index >= 15 is 0 Å². The quantitative estimate of drug-likeness (QED) is 0.446. The Morgan fingerprint density at radius 2 is 1.63 bits per heavy atom. The molecule has 2 aliphatic heterocycles. The van der Waals surface area contributed by atoms with E-state index in [1.807, 2.05) is 55.5 Å². The summed E-state index contributed by atoms with van der Waals surface area (Å²) in [6.07, 6.45) is 1.76. The molecule has 0 amide bonds. The predicted octanol–water partition coefficient (Wildman–Crippen LogP) is 6.77. The van der Waals surface area contributed by atoms with Crippen LogP contribution in [0.2, 0.25) is 10.0 Å². The van der Waals surface area contributed by atoms with Crippen LogP contribution < -0.4 is 0 Å². The minimum atomic E-state index is -0.297. The van der Waals surface area contributed by atoms with E-state index in [1.165, 1.54) is 0 Å². The maximum atomic E-state index is 13.0. The third kappa shape index (κ3) is 3.98. The first-order chi connectivity index (χ1) is 14.5. The van der Waals surface area contributed by atoms with E-state index in [0.717, 1.165) is 34.0 Å². The van der Waals surface area contributed by atoms with E-state index in [2.05, 4.69) is 11.8 Å². The van der Waals surface area contributed by atoms with Crippen LogP contribution in [0.1, 0.15) is 49.9 Å². The van der Waals surface area contributed by atoms with Gasteiger partial charge in [0.15, 0.2) is 5.17 Å². The Kier molecular flexibility index (Phi) is 6.42. The molecule has 2 aromatic rings. The second-order valence-electron chi connectivity index (χ2n) is 7.12. The number of carbonyl (C=O) groups excluding carboxylic acids is 1. The van der Waals surface area contributed by atoms with Crippen molar-refractivity contribution >= 4 is 46.1 Å². The lowest BCUT2D eigenvalue weighted by Crippen LogP contribution is -2.31. The van der Waals surface area contributed by atoms with Crippen molar-refractivity contribution in [3.63, 3.8) is 0 Å². The molecule has 0 aromatic heterocycles. The molecule has 2 atom stereocenters. The first kappa shape index (κ1) is 21.3. The van der Waals surface area contributed by atoms with Crippen molar-refractivity contribution in [1.82, 2.24) is 4.90 Å². The fraction of sp³-hybridized carbons (Fsp3) is 0.304. The van der Waals surface area contributed by atoms with Crippen LogP contribution >= 0.6 is 35.0 Å². The Morgan fingerprint density at radius 1 is 1.03 bits per heavy atom. The Labute approximate surface area is 190 Å². The number of allylic oxidation sites excluding steroid dienone is 1. The van der Waals surface area contributed by atoms with Crippen LogP contribution in [0.3, 0.4) is 0 Å². The molecular weight excluding hydrogens is 439 g/mol. The smallest absolute Gasteiger partial charge is 0.355 e. The first-order valence-electron chi connectivity index (χ1n) is 9.99. The molecule has 2 aliphatic rings. The highest BCUT2D eigenvalue weighted by Crippen LogP contribution is 2.52. The van der Waals surface area contributed by atoms with Gasteiger partial charge in [-0.3, -0.25) is 4.99 Å². The summed E-state index contributed by atoms with van der Waals surface area (Å²) in [5.41, 5.74) is 2.69. The molecule has 2 unspecified atom stereocenters. The third-order valence-corrected chi connectivity index (χ3v) is 6.75. The molecule has 4 nitrogen and oxygen atoms in total. The van der Waals surface area contributed by atoms with E-state index in [4.69, 9.17) is 32.9 Å². The zero-order valence-electron chi connectivity index (χ0n) is 16.8. The Balaban J connectivity index is 1.82. The number of amidine groups is 1. The molecule has 0 spiro atoms. The van der Waals surface area contributed by atoms with E-state index < -0.39 is 0 Å². The topological polar surface area (TPSA) is 41.9 Å². The Bertz CT molecular complexity index is 1000. The molecule has 0 aliphatic carbocycles. The van der Waals surface area contributed by atoms with Crippen LogP contribution in [-0.2, 0) is 9.53 Å². The van der Waals surface area contributed by atoms with Crippen molar-refractivity contribution in [2.75, 3.05) is 6.61 Å². The van der Waals surface area contributed by atoms with Crippen LogP contribution in [0.5, 0.6) is 0 Å². The number of rotatable bonds is 6. The second-order valence-corrected chi connectivity index (χ2v) is 9.05. The van der Waals surface area contributed by atoms with E-state index in [9.17, 15) is 4.79 Å². The van der Waals surface area contributed by atoms with Crippen LogP contribution in [0.4, 0.5) is 0 Å². The van der Waals surface area contributed by atoms with Crippen LogP contribution in [0, 0.1) is 0 Å². The lowest BCUT2D eigenvalue weighted by molar-refractivity contribution is -0.140. The number of nitrogens with zero attached hydrogens (tertiary/aromatic N) is 2. The highest BCUT2D eigenvalue weighted by atomic mass is 35.5. The number of hydrogen-bond acceptors (Lipinski definition) is 5. The standard InChI is InChI=1S/C23H22Cl2N2O2S/c1-3-5-18-21(22(28)29-4-2)27-20(15-8-12-17(25)13-9-15)19(26-23(27)30-18)14-6-10-16(24)11-7-14/h6-13,19-20H,3-5H2,1-2H3. The van der Waals surface area contributed by atoms with Crippen molar-refractivity contribution in [1.29, 1.82) is 0 Å². The van der Waals surface area contributed by atoms with Gasteiger partial charge in [-0.2, -0.15) is 0 Å². The van der Waals surface area contributed by atoms with Gasteiger partial charge in [0.25, 0.3) is 0 Å². The molecule has 30 heavy (non-hydrogen) atoms. The van der Waals surface area contributed by atoms with Crippen LogP contribution in [0.15, 0.2) is 64.1 Å². The average molecular weight is 461 g/mol. The zero-order valence-corrected chi connectivity index (χ0v) is 19.1. The molecular formula is C23H22Cl2N2O2S. The van der Waals surface area contributed by atoms with Gasteiger partial charge >= 0.3 is 5.97 Å². The lowest BCUT2D eigenvalue weighted by atomic mass is 9.93. The molecule has 0 bridgehead atoms. The maximum absolute atomic E-state index is 13.0. The molecule has 0 saturated carbocycles. The molecule has 2 heterocycles. The fourth-order valence-electron chi connectivity index (χ4n) is 3.83. The molecule has 0 N–H and O–H groups in total. The molecule has 0 fully saturated rings. The summed E-state index contributed by atoms with van der Waals surface area (Å²) < 4.78 is 5.43. The Morgan fingerprint density at radius 3 is 2.20 bits per heavy atom. The largest absolute Gasteiger partial charge is 0.461 e. The van der Waals surface area contributed by atoms with Crippen molar-refractivity contribution in [3.8, 4) is 0 Å². The SMILES string of the molecule is CCCC1=C(C(=O)OCC)N2C(=NC(c3ccc(Cl)cc3)C2c2ccc(Cl)cc2)S1. The van der Waals surface area contributed by atoms with Gasteiger partial charge in [0.1, 0.15) is 11.7 Å². The van der Waals surface area contributed by atoms with Crippen LogP contribution in [-0.4, -0.2) is 22.6 Å². The number of fused-ring (bicyclic) bond motifs is 1. The summed E-state index contributed by atoms with van der Waals surface area (Å²) in [6, 6.07) is 15.1. The number of esters is 1. The van der Waals surface area contributed by atoms with Gasteiger partial charge in [-0.15, -0.1) is 0 Å². The number of carbonyl (C=O) groups is 1. The van der Waals surface area contributed by atoms with Crippen molar-refractivity contribution in [2.24, 2.45) is 4.99 Å². The van der Waals surface area contributed by atoms with E-state index in [1.54, 1.807) is 11.8 Å². The second kappa shape index (κ2) is 9.04. The number of hydrogen-bond donors (Lipinski definition) is 0. The maximum Gasteiger partial charge on any atom is 0.355 e. The molecule has 7 heteroatoms. The number of aliphatic imine (C=N–C) groups is 1. The average Bonchev–Trinajstić information content (AvgIpc) is 3.25. The molecule has 2 aromatic carbocycles. The normalized spacial score (nSPS) is 20.4. The van der Waals surface area contributed by atoms with Gasteiger partial charge < -0.3 is 9.64 Å². The lowest BCUT2D eigenvalue weighted by Gasteiger charge is -2.29. The number of ether oxygens (including phenoxy) is 1. The highest BCUT2D eigenvalue weighted by molar-refractivity contribution is 8.17. The van der Waals surface area contributed by atoms with Crippen LogP contribution in [0.25, 0.3) is 0 Å². The first-order valence-corrected chi connectivity index (χ1v) is 11.6. The summed E-state index contributed by atoms with van der Waals surface area (Å²) in [5.74, 6) is -0.297. The van der Waals surface area contributed by atoms with Gasteiger partial charge in [-0.25, -0.2) is 4.79 Å². The summed E-state index contributed by atoms with van der Waals surface area (Å²) in [5, 5.41) is 2.19. The minimum Gasteiger partial charge on any atom is -0.461 e. The van der Waals surface area contributed by atoms with Crippen molar-refractivity contribution in [2.45, 2.75) is 38.8 Å². The van der Waals surface area contributed by atoms with E-state index in [0.29, 0.717) is 22.3 Å². The summed E-state index contributed by atoms with van der Waals surface area (Å²) in [4.78, 5) is 21.1. The molecule has 0 radical (unpaired) electrons. The van der Waals surface area contributed by atoms with Gasteiger partial charge in [-0.1, -0.05) is 72.6 Å². The monoisotopic (exact) mass is 460 g/mol. The summed E-state index contributed by atoms with van der Waals surface area (Å²) >= 11 is 13.8. The summed E-state index contributed by atoms with van der Waals surface area (Å²) in [7, 11) is 0. The van der Waals surface area contributed by atoms with Gasteiger partial charge in [0.05, 0.1) is 12.6 Å². The Hall–Kier alpha value is -1.95. The van der Waals surface area contributed by atoms with Gasteiger partial charge in [0, 0.05) is 15.0 Å². The van der Waals surface area contributed by atoms with Crippen molar-refractivity contribution in [3.05, 3.63) is 80.3 Å². The number of halogens is 2. The highest BCUT2D eigenvalue weighted by Gasteiger charge is 2.47. The van der Waals surface area contributed by atoms with Gasteiger partial charge in [-0.05, 0) is 48.7 Å². The number of thioether (sulfide) groups is 1. The fourth-order valence-corrected chi connectivity index (χ4v) is 5.36. The van der Waals surface area contributed by atoms with Gasteiger partial charge in [0.2, 0.25) is 0 Å². The molecule has 0 saturated heterocycles. The minimum absolute atomic E-state index is 0.167. The summed E-state index contributed by atoms with van der Waals surface area (Å²) in [6.45, 7) is 4.26. The predicted molar refractivity (Wildman–Crippen MR) is 124 cm³/mol. The molecule has 4 rings (SSSR count). The third-order valence-electron chi connectivity index (χ3n) is 5.12.